The summed E-state index contributed by atoms with van der Waals surface area (Å²) in [6.45, 7) is 2.81. The minimum Gasteiger partial charge on any atom is -0.349 e. The molecule has 0 bridgehead atoms. The van der Waals surface area contributed by atoms with Crippen LogP contribution < -0.4 is 10.6 Å². The van der Waals surface area contributed by atoms with Gasteiger partial charge in [-0.3, -0.25) is 14.4 Å². The van der Waals surface area contributed by atoms with Crippen molar-refractivity contribution < 1.29 is 14.4 Å². The average molecular weight is 359 g/mol. The Kier molecular flexibility index (Phi) is 6.31. The molecule has 2 N–H and O–H groups in total. The summed E-state index contributed by atoms with van der Waals surface area (Å²) in [4.78, 5) is 35.3. The van der Waals surface area contributed by atoms with Crippen LogP contribution in [0.4, 0.5) is 5.69 Å². The Balaban J connectivity index is 2.20. The van der Waals surface area contributed by atoms with Crippen LogP contribution in [0.1, 0.15) is 42.2 Å². The molecule has 0 aliphatic heterocycles. The Hall–Kier alpha value is -2.66. The minimum atomic E-state index is -0.452. The highest BCUT2D eigenvalue weighted by Gasteiger charge is 2.18. The molecular formula is C19H19ClN2O3. The van der Waals surface area contributed by atoms with E-state index in [1.807, 2.05) is 0 Å². The molecule has 0 aliphatic rings. The zero-order valence-electron chi connectivity index (χ0n) is 14.0. The van der Waals surface area contributed by atoms with Crippen LogP contribution >= 0.6 is 11.6 Å². The maximum absolute atomic E-state index is 12.6. The Bertz CT molecular complexity index is 788. The van der Waals surface area contributed by atoms with Gasteiger partial charge in [-0.25, -0.2) is 0 Å². The van der Waals surface area contributed by atoms with Crippen LogP contribution in [-0.2, 0) is 9.59 Å². The van der Waals surface area contributed by atoms with Crippen LogP contribution in [0.3, 0.4) is 0 Å². The number of hydrogen-bond acceptors (Lipinski definition) is 3. The van der Waals surface area contributed by atoms with Gasteiger partial charge >= 0.3 is 0 Å². The second-order valence-electron chi connectivity index (χ2n) is 5.69. The topological polar surface area (TPSA) is 75.3 Å². The first-order valence-electron chi connectivity index (χ1n) is 7.78. The first-order chi connectivity index (χ1) is 11.8. The highest BCUT2D eigenvalue weighted by molar-refractivity contribution is 6.30. The largest absolute Gasteiger partial charge is 0.349 e. The number of carbonyl (C=O) groups excluding carboxylic acids is 3. The van der Waals surface area contributed by atoms with Crippen molar-refractivity contribution in [2.75, 3.05) is 5.32 Å². The fraction of sp³-hybridized carbons (Fsp3) is 0.211. The Labute approximate surface area is 151 Å². The second kappa shape index (κ2) is 8.44. The second-order valence-corrected chi connectivity index (χ2v) is 6.13. The molecule has 130 valence electrons. The summed E-state index contributed by atoms with van der Waals surface area (Å²) in [5.74, 6) is -0.567. The maximum atomic E-state index is 12.6. The highest BCUT2D eigenvalue weighted by Crippen LogP contribution is 2.22. The average Bonchev–Trinajstić information content (AvgIpc) is 2.54. The summed E-state index contributed by atoms with van der Waals surface area (Å²) in [5.41, 5.74) is 1.82. The van der Waals surface area contributed by atoms with Crippen LogP contribution in [-0.4, -0.2) is 17.6 Å². The molecule has 0 aromatic heterocycles. The van der Waals surface area contributed by atoms with Gasteiger partial charge in [0.1, 0.15) is 0 Å². The van der Waals surface area contributed by atoms with E-state index in [0.717, 1.165) is 5.56 Å². The van der Waals surface area contributed by atoms with Crippen molar-refractivity contribution in [1.82, 2.24) is 5.32 Å². The lowest BCUT2D eigenvalue weighted by Crippen LogP contribution is -2.28. The number of amides is 2. The number of anilines is 1. The third-order valence-corrected chi connectivity index (χ3v) is 3.80. The molecule has 0 aliphatic carbocycles. The summed E-state index contributed by atoms with van der Waals surface area (Å²) in [6, 6.07) is 13.3. The molecule has 6 heteroatoms. The van der Waals surface area contributed by atoms with Crippen LogP contribution in [0.15, 0.2) is 48.5 Å². The van der Waals surface area contributed by atoms with Gasteiger partial charge in [0.25, 0.3) is 0 Å². The number of benzene rings is 2. The third kappa shape index (κ3) is 5.72. The van der Waals surface area contributed by atoms with Gasteiger partial charge in [-0.05, 0) is 29.8 Å². The Morgan fingerprint density at radius 3 is 2.28 bits per heavy atom. The zero-order chi connectivity index (χ0) is 18.4. The minimum absolute atomic E-state index is 0.102. The van der Waals surface area contributed by atoms with Gasteiger partial charge in [0.05, 0.1) is 6.04 Å². The van der Waals surface area contributed by atoms with Crippen LogP contribution in [0, 0.1) is 0 Å². The number of nitrogens with one attached hydrogen (secondary N) is 2. The quantitative estimate of drug-likeness (QED) is 0.772. The summed E-state index contributed by atoms with van der Waals surface area (Å²) in [5, 5.41) is 6.02. The fourth-order valence-electron chi connectivity index (χ4n) is 2.47. The molecule has 5 nitrogen and oxygen atoms in total. The highest BCUT2D eigenvalue weighted by atomic mass is 35.5. The monoisotopic (exact) mass is 358 g/mol. The Morgan fingerprint density at radius 1 is 1.00 bits per heavy atom. The van der Waals surface area contributed by atoms with Crippen molar-refractivity contribution in [3.63, 3.8) is 0 Å². The number of hydrogen-bond donors (Lipinski definition) is 2. The number of ketones is 1. The molecule has 2 rings (SSSR count). The van der Waals surface area contributed by atoms with Gasteiger partial charge in [0, 0.05) is 36.5 Å². The first kappa shape index (κ1) is 18.7. The van der Waals surface area contributed by atoms with Crippen molar-refractivity contribution in [2.45, 2.75) is 26.3 Å². The van der Waals surface area contributed by atoms with E-state index in [9.17, 15) is 14.4 Å². The lowest BCUT2D eigenvalue weighted by molar-refractivity contribution is -0.119. The van der Waals surface area contributed by atoms with E-state index in [1.54, 1.807) is 48.5 Å². The summed E-state index contributed by atoms with van der Waals surface area (Å²) in [6.07, 6.45) is 0.102. The molecule has 2 amide bonds. The number of carbonyl (C=O) groups is 3. The molecule has 25 heavy (non-hydrogen) atoms. The standard InChI is InChI=1S/C19H19ClN2O3/c1-12(23)21-17-5-3-4-15(10-17)19(25)11-18(22-13(2)24)14-6-8-16(20)9-7-14/h3-10,18H,11H2,1-2H3,(H,21,23)(H,22,24). The maximum Gasteiger partial charge on any atom is 0.221 e. The molecule has 0 saturated heterocycles. The molecule has 0 spiro atoms. The predicted molar refractivity (Wildman–Crippen MR) is 97.7 cm³/mol. The SMILES string of the molecule is CC(=O)Nc1cccc(C(=O)CC(NC(C)=O)c2ccc(Cl)cc2)c1. The summed E-state index contributed by atoms with van der Waals surface area (Å²) < 4.78 is 0. The zero-order valence-corrected chi connectivity index (χ0v) is 14.8. The normalized spacial score (nSPS) is 11.5. The van der Waals surface area contributed by atoms with Gasteiger partial charge in [-0.15, -0.1) is 0 Å². The number of rotatable bonds is 6. The van der Waals surface area contributed by atoms with Crippen LogP contribution in [0.2, 0.25) is 5.02 Å². The molecule has 0 saturated carbocycles. The van der Waals surface area contributed by atoms with E-state index in [2.05, 4.69) is 10.6 Å². The van der Waals surface area contributed by atoms with E-state index >= 15 is 0 Å². The van der Waals surface area contributed by atoms with Gasteiger partial charge in [0.15, 0.2) is 5.78 Å². The molecule has 0 radical (unpaired) electrons. The predicted octanol–water partition coefficient (Wildman–Crippen LogP) is 3.75. The lowest BCUT2D eigenvalue weighted by atomic mass is 9.97. The molecule has 1 unspecified atom stereocenters. The van der Waals surface area contributed by atoms with Gasteiger partial charge in [-0.1, -0.05) is 35.9 Å². The number of Topliss-reactive ketones (excluding diaryl/α,β-unsaturated/α-hetero) is 1. The van der Waals surface area contributed by atoms with Crippen LogP contribution in [0.5, 0.6) is 0 Å². The summed E-state index contributed by atoms with van der Waals surface area (Å²) >= 11 is 5.89. The van der Waals surface area contributed by atoms with E-state index in [0.29, 0.717) is 16.3 Å². The van der Waals surface area contributed by atoms with Gasteiger partial charge in [0.2, 0.25) is 11.8 Å². The van der Waals surface area contributed by atoms with Crippen molar-refractivity contribution >= 4 is 34.9 Å². The van der Waals surface area contributed by atoms with Crippen molar-refractivity contribution in [3.05, 3.63) is 64.7 Å². The Morgan fingerprint density at radius 2 is 1.68 bits per heavy atom. The van der Waals surface area contributed by atoms with Crippen LogP contribution in [0.25, 0.3) is 0 Å². The van der Waals surface area contributed by atoms with Crippen molar-refractivity contribution in [3.8, 4) is 0 Å². The molecule has 1 atom stereocenters. The number of halogens is 1. The van der Waals surface area contributed by atoms with Crippen molar-refractivity contribution in [1.29, 1.82) is 0 Å². The van der Waals surface area contributed by atoms with Crippen molar-refractivity contribution in [2.24, 2.45) is 0 Å². The lowest BCUT2D eigenvalue weighted by Gasteiger charge is -2.18. The molecule has 2 aromatic carbocycles. The van der Waals surface area contributed by atoms with E-state index in [4.69, 9.17) is 11.6 Å². The first-order valence-corrected chi connectivity index (χ1v) is 8.16. The smallest absolute Gasteiger partial charge is 0.221 e. The van der Waals surface area contributed by atoms with E-state index < -0.39 is 6.04 Å². The fourth-order valence-corrected chi connectivity index (χ4v) is 2.60. The molecule has 0 fully saturated rings. The third-order valence-electron chi connectivity index (χ3n) is 3.54. The van der Waals surface area contributed by atoms with E-state index in [1.165, 1.54) is 13.8 Å². The molecule has 2 aromatic rings. The van der Waals surface area contributed by atoms with E-state index in [-0.39, 0.29) is 24.0 Å². The summed E-state index contributed by atoms with van der Waals surface area (Å²) in [7, 11) is 0. The molecule has 0 heterocycles. The van der Waals surface area contributed by atoms with Gasteiger partial charge in [-0.2, -0.15) is 0 Å². The molecular weight excluding hydrogens is 340 g/mol. The van der Waals surface area contributed by atoms with Gasteiger partial charge < -0.3 is 10.6 Å².